The lowest BCUT2D eigenvalue weighted by molar-refractivity contribution is 0.177. The van der Waals surface area contributed by atoms with Crippen LogP contribution in [0, 0.1) is 5.41 Å². The molecule has 1 aliphatic heterocycles. The fourth-order valence-electron chi connectivity index (χ4n) is 3.46. The van der Waals surface area contributed by atoms with Crippen LogP contribution >= 0.6 is 0 Å². The summed E-state index contributed by atoms with van der Waals surface area (Å²) in [6.45, 7) is 6.08. The van der Waals surface area contributed by atoms with Crippen LogP contribution in [0.4, 0.5) is 0 Å². The van der Waals surface area contributed by atoms with Crippen LogP contribution in [0.15, 0.2) is 0 Å². The van der Waals surface area contributed by atoms with Crippen molar-refractivity contribution in [3.8, 4) is 0 Å². The second kappa shape index (κ2) is 6.75. The summed E-state index contributed by atoms with van der Waals surface area (Å²) in [5, 5.41) is 7.39. The van der Waals surface area contributed by atoms with E-state index in [1.807, 2.05) is 0 Å². The van der Waals surface area contributed by atoms with E-state index in [0.29, 0.717) is 5.41 Å². The highest BCUT2D eigenvalue weighted by Gasteiger charge is 2.30. The third-order valence-electron chi connectivity index (χ3n) is 5.04. The van der Waals surface area contributed by atoms with Crippen LogP contribution in [-0.2, 0) is 0 Å². The molecule has 17 heavy (non-hydrogen) atoms. The van der Waals surface area contributed by atoms with E-state index in [2.05, 4.69) is 17.6 Å². The Labute approximate surface area is 107 Å². The van der Waals surface area contributed by atoms with Crippen molar-refractivity contribution in [3.63, 3.8) is 0 Å². The molecule has 0 atom stereocenters. The molecule has 0 aromatic rings. The molecule has 100 valence electrons. The Morgan fingerprint density at radius 2 is 1.71 bits per heavy atom. The number of nitrogens with one attached hydrogen (secondary N) is 2. The number of hydrogen-bond donors (Lipinski definition) is 2. The Hall–Kier alpha value is -0.0800. The first-order valence-corrected chi connectivity index (χ1v) is 7.79. The van der Waals surface area contributed by atoms with Gasteiger partial charge in [-0.25, -0.2) is 0 Å². The Morgan fingerprint density at radius 1 is 1.06 bits per heavy atom. The average molecular weight is 238 g/mol. The fourth-order valence-corrected chi connectivity index (χ4v) is 3.46. The highest BCUT2D eigenvalue weighted by molar-refractivity contribution is 4.87. The van der Waals surface area contributed by atoms with E-state index in [1.165, 1.54) is 77.4 Å². The molecule has 1 heterocycles. The molecule has 0 bridgehead atoms. The maximum atomic E-state index is 3.90. The van der Waals surface area contributed by atoms with Crippen LogP contribution in [-0.4, -0.2) is 25.7 Å². The molecule has 2 heteroatoms. The first kappa shape index (κ1) is 13.4. The smallest absolute Gasteiger partial charge is 0.00672 e. The summed E-state index contributed by atoms with van der Waals surface area (Å²) in [6, 6.07) is 0.816. The summed E-state index contributed by atoms with van der Waals surface area (Å²) in [4.78, 5) is 0. The molecule has 0 radical (unpaired) electrons. The van der Waals surface area contributed by atoms with E-state index in [1.54, 1.807) is 0 Å². The van der Waals surface area contributed by atoms with Gasteiger partial charge in [-0.05, 0) is 50.6 Å². The molecular formula is C15H30N2. The van der Waals surface area contributed by atoms with E-state index < -0.39 is 0 Å². The third kappa shape index (κ3) is 3.96. The van der Waals surface area contributed by atoms with E-state index in [9.17, 15) is 0 Å². The van der Waals surface area contributed by atoms with Crippen LogP contribution in [0.25, 0.3) is 0 Å². The van der Waals surface area contributed by atoms with Crippen LogP contribution in [0.5, 0.6) is 0 Å². The predicted molar refractivity (Wildman–Crippen MR) is 74.3 cm³/mol. The number of piperidine rings is 1. The maximum Gasteiger partial charge on any atom is 0.00672 e. The van der Waals surface area contributed by atoms with Gasteiger partial charge in [-0.15, -0.1) is 0 Å². The summed E-state index contributed by atoms with van der Waals surface area (Å²) < 4.78 is 0. The minimum absolute atomic E-state index is 0.595. The normalized spacial score (nSPS) is 26.6. The molecule has 2 rings (SSSR count). The Kier molecular flexibility index (Phi) is 5.30. The number of hydrogen-bond acceptors (Lipinski definition) is 2. The average Bonchev–Trinajstić information content (AvgIpc) is 2.66. The van der Waals surface area contributed by atoms with E-state index in [0.717, 1.165) is 6.04 Å². The maximum absolute atomic E-state index is 3.90. The van der Waals surface area contributed by atoms with Gasteiger partial charge < -0.3 is 10.6 Å². The molecule has 0 aromatic heterocycles. The topological polar surface area (TPSA) is 24.1 Å². The van der Waals surface area contributed by atoms with Gasteiger partial charge in [-0.3, -0.25) is 0 Å². The largest absolute Gasteiger partial charge is 0.317 e. The van der Waals surface area contributed by atoms with Gasteiger partial charge in [0.25, 0.3) is 0 Å². The molecule has 1 aliphatic carbocycles. The second-order valence-electron chi connectivity index (χ2n) is 6.17. The van der Waals surface area contributed by atoms with Gasteiger partial charge in [0.2, 0.25) is 0 Å². The van der Waals surface area contributed by atoms with Crippen molar-refractivity contribution in [2.45, 2.75) is 70.8 Å². The molecule has 0 amide bonds. The van der Waals surface area contributed by atoms with Crippen molar-refractivity contribution in [3.05, 3.63) is 0 Å². The minimum atomic E-state index is 0.595. The summed E-state index contributed by atoms with van der Waals surface area (Å²) in [5.41, 5.74) is 0.595. The van der Waals surface area contributed by atoms with Crippen LogP contribution in [0.1, 0.15) is 64.7 Å². The lowest BCUT2D eigenvalue weighted by atomic mass is 9.76. The first-order chi connectivity index (χ1) is 8.35. The summed E-state index contributed by atoms with van der Waals surface area (Å²) in [7, 11) is 0. The van der Waals surface area contributed by atoms with Gasteiger partial charge in [0.1, 0.15) is 0 Å². The molecule has 0 unspecified atom stereocenters. The predicted octanol–water partition coefficient (Wildman–Crippen LogP) is 3.08. The fraction of sp³-hybridized carbons (Fsp3) is 1.00. The van der Waals surface area contributed by atoms with Gasteiger partial charge >= 0.3 is 0 Å². The van der Waals surface area contributed by atoms with Gasteiger partial charge in [-0.2, -0.15) is 0 Å². The lowest BCUT2D eigenvalue weighted by Crippen LogP contribution is -2.45. The Bertz CT molecular complexity index is 201. The molecule has 2 fully saturated rings. The molecular weight excluding hydrogens is 208 g/mol. The zero-order valence-electron chi connectivity index (χ0n) is 11.6. The quantitative estimate of drug-likeness (QED) is 0.736. The standard InChI is InChI=1S/C15H30N2/c1-2-15(9-11-16-12-10-15)13-17-14-7-5-3-4-6-8-14/h14,16-17H,2-13H2,1H3. The summed E-state index contributed by atoms with van der Waals surface area (Å²) >= 11 is 0. The van der Waals surface area contributed by atoms with Crippen molar-refractivity contribution >= 4 is 0 Å². The minimum Gasteiger partial charge on any atom is -0.317 e. The molecule has 2 N–H and O–H groups in total. The molecule has 2 aliphatic rings. The Balaban J connectivity index is 1.77. The summed E-state index contributed by atoms with van der Waals surface area (Å²) in [6.07, 6.45) is 12.7. The van der Waals surface area contributed by atoms with Crippen LogP contribution in [0.3, 0.4) is 0 Å². The molecule has 1 saturated carbocycles. The number of rotatable bonds is 4. The van der Waals surface area contributed by atoms with Crippen molar-refractivity contribution in [1.82, 2.24) is 10.6 Å². The monoisotopic (exact) mass is 238 g/mol. The lowest BCUT2D eigenvalue weighted by Gasteiger charge is -2.38. The van der Waals surface area contributed by atoms with Gasteiger partial charge in [-0.1, -0.05) is 32.6 Å². The molecule has 0 spiro atoms. The molecule has 1 saturated heterocycles. The third-order valence-corrected chi connectivity index (χ3v) is 5.04. The van der Waals surface area contributed by atoms with Gasteiger partial charge in [0.15, 0.2) is 0 Å². The zero-order chi connectivity index (χ0) is 12.0. The second-order valence-corrected chi connectivity index (χ2v) is 6.17. The zero-order valence-corrected chi connectivity index (χ0v) is 11.6. The summed E-state index contributed by atoms with van der Waals surface area (Å²) in [5.74, 6) is 0. The molecule has 2 nitrogen and oxygen atoms in total. The van der Waals surface area contributed by atoms with Gasteiger partial charge in [0.05, 0.1) is 0 Å². The van der Waals surface area contributed by atoms with Crippen molar-refractivity contribution in [2.75, 3.05) is 19.6 Å². The van der Waals surface area contributed by atoms with Crippen LogP contribution in [0.2, 0.25) is 0 Å². The van der Waals surface area contributed by atoms with Crippen molar-refractivity contribution in [1.29, 1.82) is 0 Å². The highest BCUT2D eigenvalue weighted by atomic mass is 14.9. The SMILES string of the molecule is CCC1(CNC2CCCCCC2)CCNCC1. The van der Waals surface area contributed by atoms with Gasteiger partial charge in [0, 0.05) is 12.6 Å². The first-order valence-electron chi connectivity index (χ1n) is 7.79. The van der Waals surface area contributed by atoms with Crippen molar-refractivity contribution < 1.29 is 0 Å². The Morgan fingerprint density at radius 3 is 2.29 bits per heavy atom. The van der Waals surface area contributed by atoms with Crippen LogP contribution < -0.4 is 10.6 Å². The van der Waals surface area contributed by atoms with Crippen molar-refractivity contribution in [2.24, 2.45) is 5.41 Å². The van der Waals surface area contributed by atoms with E-state index in [-0.39, 0.29) is 0 Å². The van der Waals surface area contributed by atoms with E-state index in [4.69, 9.17) is 0 Å². The van der Waals surface area contributed by atoms with E-state index >= 15 is 0 Å². The molecule has 0 aromatic carbocycles. The highest BCUT2D eigenvalue weighted by Crippen LogP contribution is 2.32.